The summed E-state index contributed by atoms with van der Waals surface area (Å²) < 4.78 is 6.94. The Morgan fingerprint density at radius 3 is 3.00 bits per heavy atom. The molecule has 19 heavy (non-hydrogen) atoms. The maximum Gasteiger partial charge on any atom is 0.278 e. The lowest BCUT2D eigenvalue weighted by Gasteiger charge is -2.15. The van der Waals surface area contributed by atoms with Gasteiger partial charge in [0.1, 0.15) is 17.6 Å². The summed E-state index contributed by atoms with van der Waals surface area (Å²) >= 11 is 6.09. The molecule has 1 fully saturated rings. The fourth-order valence-corrected chi connectivity index (χ4v) is 2.47. The van der Waals surface area contributed by atoms with E-state index in [0.717, 1.165) is 0 Å². The van der Waals surface area contributed by atoms with Crippen molar-refractivity contribution in [1.82, 2.24) is 19.5 Å². The number of aliphatic hydroxyl groups is 2. The van der Waals surface area contributed by atoms with Crippen molar-refractivity contribution in [3.05, 3.63) is 23.0 Å². The molecule has 0 unspecified atom stereocenters. The Hall–Kier alpha value is -1.48. The van der Waals surface area contributed by atoms with Crippen LogP contribution in [0.1, 0.15) is 6.23 Å². The van der Waals surface area contributed by atoms with Crippen molar-refractivity contribution in [3.8, 4) is 0 Å². The van der Waals surface area contributed by atoms with Gasteiger partial charge in [0.15, 0.2) is 17.4 Å². The van der Waals surface area contributed by atoms with Gasteiger partial charge in [0.2, 0.25) is 0 Å². The molecule has 1 saturated heterocycles. The minimum absolute atomic E-state index is 0.164. The van der Waals surface area contributed by atoms with E-state index in [-0.39, 0.29) is 17.7 Å². The molecule has 0 saturated carbocycles. The molecular weight excluding hydrogens is 276 g/mol. The van der Waals surface area contributed by atoms with Crippen LogP contribution in [0.4, 0.5) is 0 Å². The van der Waals surface area contributed by atoms with E-state index in [1.807, 2.05) is 0 Å². The Labute approximate surface area is 111 Å². The molecule has 0 spiro atoms. The highest BCUT2D eigenvalue weighted by molar-refractivity contribution is 6.21. The van der Waals surface area contributed by atoms with Crippen molar-refractivity contribution >= 4 is 22.8 Å². The second-order valence-corrected chi connectivity index (χ2v) is 4.74. The number of aliphatic hydroxyl groups excluding tert-OH is 2. The number of imidazole rings is 1. The smallest absolute Gasteiger partial charge is 0.278 e. The highest BCUT2D eigenvalue weighted by Gasteiger charge is 2.43. The molecule has 9 heteroatoms. The molecule has 0 aromatic carbocycles. The van der Waals surface area contributed by atoms with Crippen LogP contribution >= 0.6 is 11.6 Å². The van der Waals surface area contributed by atoms with Gasteiger partial charge in [-0.3, -0.25) is 9.36 Å². The number of aromatic nitrogens is 4. The fraction of sp³-hybridized carbons (Fsp3) is 0.500. The summed E-state index contributed by atoms with van der Waals surface area (Å²) in [5, 5.41) is 18.1. The molecule has 3 rings (SSSR count). The van der Waals surface area contributed by atoms with E-state index < -0.39 is 23.8 Å². The van der Waals surface area contributed by atoms with Crippen LogP contribution in [0, 0.1) is 0 Å². The molecule has 3 heterocycles. The van der Waals surface area contributed by atoms with Gasteiger partial charge in [-0.25, -0.2) is 9.97 Å². The van der Waals surface area contributed by atoms with Crippen molar-refractivity contribution in [2.45, 2.75) is 23.8 Å². The number of nitrogens with zero attached hydrogens (tertiary/aromatic N) is 3. The van der Waals surface area contributed by atoms with Crippen LogP contribution in [-0.4, -0.2) is 53.9 Å². The topological polar surface area (TPSA) is 113 Å². The van der Waals surface area contributed by atoms with Crippen LogP contribution in [0.5, 0.6) is 0 Å². The van der Waals surface area contributed by atoms with E-state index in [1.165, 1.54) is 17.2 Å². The summed E-state index contributed by atoms with van der Waals surface area (Å²) in [5.41, 5.74) is 0.106. The quantitative estimate of drug-likeness (QED) is 0.609. The number of rotatable bonds is 2. The number of alkyl halides is 1. The zero-order valence-corrected chi connectivity index (χ0v) is 10.4. The van der Waals surface area contributed by atoms with Gasteiger partial charge in [0, 0.05) is 0 Å². The van der Waals surface area contributed by atoms with Crippen LogP contribution in [-0.2, 0) is 4.74 Å². The third kappa shape index (κ3) is 1.84. The molecule has 1 aliphatic heterocycles. The highest BCUT2D eigenvalue weighted by Crippen LogP contribution is 2.34. The second kappa shape index (κ2) is 4.57. The average molecular weight is 287 g/mol. The number of H-pyrrole nitrogens is 1. The van der Waals surface area contributed by atoms with Gasteiger partial charge in [0.25, 0.3) is 5.56 Å². The highest BCUT2D eigenvalue weighted by atomic mass is 35.5. The van der Waals surface area contributed by atoms with Gasteiger partial charge in [-0.05, 0) is 0 Å². The third-order valence-electron chi connectivity index (χ3n) is 3.11. The molecular formula is C10H11ClN4O4. The number of hydrogen-bond donors (Lipinski definition) is 3. The van der Waals surface area contributed by atoms with E-state index >= 15 is 0 Å². The van der Waals surface area contributed by atoms with Crippen LogP contribution in [0.3, 0.4) is 0 Å². The first-order valence-electron chi connectivity index (χ1n) is 5.62. The Morgan fingerprint density at radius 1 is 1.53 bits per heavy atom. The van der Waals surface area contributed by atoms with Crippen molar-refractivity contribution in [1.29, 1.82) is 0 Å². The summed E-state index contributed by atoms with van der Waals surface area (Å²) in [6.45, 7) is -0.346. The van der Waals surface area contributed by atoms with E-state index in [9.17, 15) is 9.90 Å². The average Bonchev–Trinajstić information content (AvgIpc) is 2.94. The number of hydrogen-bond acceptors (Lipinski definition) is 6. The molecule has 4 atom stereocenters. The number of nitrogens with one attached hydrogen (secondary N) is 1. The molecule has 0 bridgehead atoms. The summed E-state index contributed by atoms with van der Waals surface area (Å²) in [6, 6.07) is 0. The zero-order valence-electron chi connectivity index (χ0n) is 9.60. The standard InChI is InChI=1S/C10H11ClN4O4/c11-5-7(17)4(1-16)19-10(5)15-3-14-6-8(15)12-2-13-9(6)18/h2-5,7,10,16-17H,1H2,(H,12,13,18)/t4-,5-,7-,10-/m1/s1. The number of ether oxygens (including phenoxy) is 1. The monoisotopic (exact) mass is 286 g/mol. The zero-order chi connectivity index (χ0) is 13.6. The Balaban J connectivity index is 2.06. The van der Waals surface area contributed by atoms with Crippen molar-refractivity contribution < 1.29 is 14.9 Å². The summed E-state index contributed by atoms with van der Waals surface area (Å²) in [5.74, 6) is 0. The Kier molecular flexibility index (Phi) is 3.02. The van der Waals surface area contributed by atoms with Gasteiger partial charge < -0.3 is 19.9 Å². The molecule has 2 aromatic rings. The lowest BCUT2D eigenvalue weighted by molar-refractivity contribution is -0.0431. The molecule has 0 amide bonds. The van der Waals surface area contributed by atoms with E-state index in [4.69, 9.17) is 21.4 Å². The van der Waals surface area contributed by atoms with E-state index in [2.05, 4.69) is 15.0 Å². The lowest BCUT2D eigenvalue weighted by atomic mass is 10.2. The normalized spacial score (nSPS) is 31.1. The van der Waals surface area contributed by atoms with Crippen LogP contribution in [0.2, 0.25) is 0 Å². The van der Waals surface area contributed by atoms with Crippen LogP contribution in [0.25, 0.3) is 11.2 Å². The van der Waals surface area contributed by atoms with Gasteiger partial charge in [-0.15, -0.1) is 11.6 Å². The minimum Gasteiger partial charge on any atom is -0.394 e. The van der Waals surface area contributed by atoms with Crippen molar-refractivity contribution in [3.63, 3.8) is 0 Å². The number of fused-ring (bicyclic) bond motifs is 1. The minimum atomic E-state index is -1.00. The van der Waals surface area contributed by atoms with Gasteiger partial charge >= 0.3 is 0 Å². The largest absolute Gasteiger partial charge is 0.394 e. The first-order chi connectivity index (χ1) is 9.13. The number of aromatic amines is 1. The molecule has 102 valence electrons. The SMILES string of the molecule is O=c1[nH]cnc2c1ncn2[C@@H]1O[C@H](CO)[C@@H](O)[C@H]1Cl. The van der Waals surface area contributed by atoms with Gasteiger partial charge in [-0.1, -0.05) is 0 Å². The van der Waals surface area contributed by atoms with Crippen molar-refractivity contribution in [2.75, 3.05) is 6.61 Å². The fourth-order valence-electron chi connectivity index (χ4n) is 2.13. The predicted octanol–water partition coefficient (Wildman–Crippen LogP) is -1.02. The maximum atomic E-state index is 11.5. The maximum absolute atomic E-state index is 11.5. The molecule has 3 N–H and O–H groups in total. The third-order valence-corrected chi connectivity index (χ3v) is 3.59. The molecule has 2 aromatic heterocycles. The summed E-state index contributed by atoms with van der Waals surface area (Å²) in [7, 11) is 0. The molecule has 1 aliphatic rings. The summed E-state index contributed by atoms with van der Waals surface area (Å²) in [6.07, 6.45) is 0.108. The first-order valence-corrected chi connectivity index (χ1v) is 6.06. The Bertz CT molecular complexity index is 656. The first kappa shape index (κ1) is 12.5. The number of halogens is 1. The van der Waals surface area contributed by atoms with E-state index in [0.29, 0.717) is 5.65 Å². The van der Waals surface area contributed by atoms with Gasteiger partial charge in [0.05, 0.1) is 19.3 Å². The summed E-state index contributed by atoms with van der Waals surface area (Å²) in [4.78, 5) is 21.9. The van der Waals surface area contributed by atoms with Crippen molar-refractivity contribution in [2.24, 2.45) is 0 Å². The molecule has 0 aliphatic carbocycles. The van der Waals surface area contributed by atoms with Crippen LogP contribution < -0.4 is 5.56 Å². The van der Waals surface area contributed by atoms with Gasteiger partial charge in [-0.2, -0.15) is 0 Å². The molecule has 8 nitrogen and oxygen atoms in total. The second-order valence-electron chi connectivity index (χ2n) is 4.24. The van der Waals surface area contributed by atoms with E-state index in [1.54, 1.807) is 0 Å². The lowest BCUT2D eigenvalue weighted by Crippen LogP contribution is -2.29. The Morgan fingerprint density at radius 2 is 2.32 bits per heavy atom. The predicted molar refractivity (Wildman–Crippen MR) is 64.8 cm³/mol. The molecule has 0 radical (unpaired) electrons. The van der Waals surface area contributed by atoms with Crippen LogP contribution in [0.15, 0.2) is 17.4 Å².